The molecule has 1 fully saturated rings. The Kier molecular flexibility index (Phi) is 5.19. The lowest BCUT2D eigenvalue weighted by Gasteiger charge is -2.29. The van der Waals surface area contributed by atoms with Crippen LogP contribution < -0.4 is 4.90 Å². The van der Waals surface area contributed by atoms with Crippen molar-refractivity contribution in [3.8, 4) is 5.69 Å². The summed E-state index contributed by atoms with van der Waals surface area (Å²) in [4.78, 5) is 30.1. The van der Waals surface area contributed by atoms with E-state index in [1.807, 2.05) is 35.0 Å². The fourth-order valence-electron chi connectivity index (χ4n) is 3.89. The number of aryl methyl sites for hydroxylation is 1. The van der Waals surface area contributed by atoms with Crippen molar-refractivity contribution in [1.29, 1.82) is 0 Å². The van der Waals surface area contributed by atoms with Crippen molar-refractivity contribution < 1.29 is 9.72 Å². The summed E-state index contributed by atoms with van der Waals surface area (Å²) in [6, 6.07) is 14.6. The molecule has 2 heterocycles. The number of carbonyl (C=O) groups excluding carboxylic acids is 1. The lowest BCUT2D eigenvalue weighted by Crippen LogP contribution is -2.36. The highest BCUT2D eigenvalue weighted by Crippen LogP contribution is 2.40. The lowest BCUT2D eigenvalue weighted by molar-refractivity contribution is -0.384. The van der Waals surface area contributed by atoms with Gasteiger partial charge in [0.2, 0.25) is 11.1 Å². The van der Waals surface area contributed by atoms with Crippen LogP contribution >= 0.6 is 11.8 Å². The molecule has 0 unspecified atom stereocenters. The molecule has 0 atom stereocenters. The number of amides is 1. The van der Waals surface area contributed by atoms with E-state index in [1.54, 1.807) is 17.0 Å². The largest absolute Gasteiger partial charge is 0.311 e. The van der Waals surface area contributed by atoms with Crippen molar-refractivity contribution >= 4 is 29.0 Å². The van der Waals surface area contributed by atoms with Crippen molar-refractivity contribution in [2.24, 2.45) is 0 Å². The number of carbonyl (C=O) groups is 1. The maximum Gasteiger partial charge on any atom is 0.269 e. The third kappa shape index (κ3) is 4.05. The average molecular weight is 436 g/mol. The van der Waals surface area contributed by atoms with Gasteiger partial charge in [0, 0.05) is 30.3 Å². The van der Waals surface area contributed by atoms with Crippen LogP contribution in [0.15, 0.2) is 53.7 Å². The quantitative estimate of drug-likeness (QED) is 0.328. The SMILES string of the molecule is O=C(CSc1nc(C2CC2)n(-c2ccccc2)n1)N1CCCc2cc([N+](=O)[O-])ccc21. The maximum atomic E-state index is 13.0. The second kappa shape index (κ2) is 8.14. The summed E-state index contributed by atoms with van der Waals surface area (Å²) < 4.78 is 1.89. The van der Waals surface area contributed by atoms with Gasteiger partial charge in [-0.3, -0.25) is 14.9 Å². The lowest BCUT2D eigenvalue weighted by atomic mass is 10.0. The van der Waals surface area contributed by atoms with Crippen LogP contribution in [-0.2, 0) is 11.2 Å². The second-order valence-electron chi connectivity index (χ2n) is 7.78. The van der Waals surface area contributed by atoms with Crippen LogP contribution in [0.1, 0.15) is 36.6 Å². The first-order valence-electron chi connectivity index (χ1n) is 10.3. The molecule has 2 aromatic carbocycles. The predicted octanol–water partition coefficient (Wildman–Crippen LogP) is 4.12. The van der Waals surface area contributed by atoms with E-state index in [1.165, 1.54) is 17.8 Å². The van der Waals surface area contributed by atoms with Gasteiger partial charge in [-0.1, -0.05) is 30.0 Å². The third-order valence-electron chi connectivity index (χ3n) is 5.57. The Bertz CT molecular complexity index is 1140. The molecule has 9 heteroatoms. The zero-order chi connectivity index (χ0) is 21.4. The normalized spacial score (nSPS) is 15.5. The Hall–Kier alpha value is -3.20. The summed E-state index contributed by atoms with van der Waals surface area (Å²) in [6.45, 7) is 0.614. The number of hydrogen-bond donors (Lipinski definition) is 0. The molecular formula is C22H21N5O3S. The number of benzene rings is 2. The van der Waals surface area contributed by atoms with Gasteiger partial charge in [-0.2, -0.15) is 0 Å². The molecule has 0 N–H and O–H groups in total. The molecule has 31 heavy (non-hydrogen) atoms. The Morgan fingerprint density at radius 1 is 1.19 bits per heavy atom. The zero-order valence-electron chi connectivity index (χ0n) is 16.8. The Labute approximate surface area is 183 Å². The van der Waals surface area contributed by atoms with Crippen LogP contribution in [-0.4, -0.2) is 37.9 Å². The summed E-state index contributed by atoms with van der Waals surface area (Å²) in [6.07, 6.45) is 3.76. The highest BCUT2D eigenvalue weighted by atomic mass is 32.2. The number of anilines is 1. The summed E-state index contributed by atoms with van der Waals surface area (Å²) in [7, 11) is 0. The van der Waals surface area contributed by atoms with Gasteiger partial charge in [0.05, 0.1) is 16.4 Å². The Balaban J connectivity index is 1.32. The van der Waals surface area contributed by atoms with Gasteiger partial charge >= 0.3 is 0 Å². The first kappa shape index (κ1) is 19.7. The first-order valence-corrected chi connectivity index (χ1v) is 11.3. The van der Waals surface area contributed by atoms with Crippen molar-refractivity contribution in [2.75, 3.05) is 17.2 Å². The van der Waals surface area contributed by atoms with Gasteiger partial charge in [0.15, 0.2) is 0 Å². The molecule has 1 aliphatic heterocycles. The van der Waals surface area contributed by atoms with Crippen molar-refractivity contribution in [3.63, 3.8) is 0 Å². The molecule has 158 valence electrons. The first-order chi connectivity index (χ1) is 15.1. The molecule has 5 rings (SSSR count). The van der Waals surface area contributed by atoms with Crippen molar-refractivity contribution in [2.45, 2.75) is 36.8 Å². The number of nitrogens with zero attached hydrogens (tertiary/aromatic N) is 5. The minimum Gasteiger partial charge on any atom is -0.311 e. The standard InChI is InChI=1S/C22H21N5O3S/c28-20(25-12-4-5-16-13-18(27(29)30)10-11-19(16)25)14-31-22-23-21(15-8-9-15)26(24-22)17-6-2-1-3-7-17/h1-3,6-7,10-11,13,15H,4-5,8-9,12,14H2. The van der Waals surface area contributed by atoms with Crippen molar-refractivity contribution in [1.82, 2.24) is 14.8 Å². The van der Waals surface area contributed by atoms with E-state index < -0.39 is 4.92 Å². The number of nitro benzene ring substituents is 1. The fraction of sp³-hybridized carbons (Fsp3) is 0.318. The van der Waals surface area contributed by atoms with Crippen LogP contribution in [0.4, 0.5) is 11.4 Å². The van der Waals surface area contributed by atoms with Crippen LogP contribution in [0.2, 0.25) is 0 Å². The number of rotatable bonds is 6. The summed E-state index contributed by atoms with van der Waals surface area (Å²) in [5.74, 6) is 1.57. The van der Waals surface area contributed by atoms with Gasteiger partial charge in [-0.15, -0.1) is 5.10 Å². The molecule has 1 amide bonds. The van der Waals surface area contributed by atoms with E-state index in [0.717, 1.165) is 48.4 Å². The predicted molar refractivity (Wildman–Crippen MR) is 118 cm³/mol. The molecule has 8 nitrogen and oxygen atoms in total. The minimum atomic E-state index is -0.400. The van der Waals surface area contributed by atoms with Gasteiger partial charge in [0.25, 0.3) is 5.69 Å². The molecule has 0 saturated heterocycles. The number of para-hydroxylation sites is 1. The number of non-ortho nitro benzene ring substituents is 1. The molecule has 1 saturated carbocycles. The molecule has 0 radical (unpaired) electrons. The highest BCUT2D eigenvalue weighted by molar-refractivity contribution is 7.99. The number of aromatic nitrogens is 3. The van der Waals surface area contributed by atoms with Crippen molar-refractivity contribution in [3.05, 3.63) is 70.0 Å². The highest BCUT2D eigenvalue weighted by Gasteiger charge is 2.31. The number of hydrogen-bond acceptors (Lipinski definition) is 6. The molecule has 1 aromatic heterocycles. The van der Waals surface area contributed by atoms with E-state index in [4.69, 9.17) is 4.98 Å². The molecule has 2 aliphatic rings. The molecule has 0 spiro atoms. The molecule has 1 aliphatic carbocycles. The summed E-state index contributed by atoms with van der Waals surface area (Å²) in [5, 5.41) is 16.3. The molecule has 0 bridgehead atoms. The van der Waals surface area contributed by atoms with E-state index >= 15 is 0 Å². The summed E-state index contributed by atoms with van der Waals surface area (Å²) in [5.41, 5.74) is 2.65. The monoisotopic (exact) mass is 435 g/mol. The summed E-state index contributed by atoms with van der Waals surface area (Å²) >= 11 is 1.34. The van der Waals surface area contributed by atoms with E-state index in [9.17, 15) is 14.9 Å². The van der Waals surface area contributed by atoms with Gasteiger partial charge in [-0.05, 0) is 49.4 Å². The number of thioether (sulfide) groups is 1. The van der Waals surface area contributed by atoms with Gasteiger partial charge in [0.1, 0.15) is 5.82 Å². The molecular weight excluding hydrogens is 414 g/mol. The van der Waals surface area contributed by atoms with E-state index in [0.29, 0.717) is 17.6 Å². The van der Waals surface area contributed by atoms with Crippen LogP contribution in [0.3, 0.4) is 0 Å². The number of nitro groups is 1. The minimum absolute atomic E-state index is 0.0381. The topological polar surface area (TPSA) is 94.2 Å². The van der Waals surface area contributed by atoms with Crippen LogP contribution in [0.5, 0.6) is 0 Å². The van der Waals surface area contributed by atoms with Gasteiger partial charge < -0.3 is 4.90 Å². The number of fused-ring (bicyclic) bond motifs is 1. The van der Waals surface area contributed by atoms with Gasteiger partial charge in [-0.25, -0.2) is 9.67 Å². The molecule has 3 aromatic rings. The third-order valence-corrected chi connectivity index (χ3v) is 6.40. The fourth-order valence-corrected chi connectivity index (χ4v) is 4.60. The Morgan fingerprint density at radius 2 is 2.00 bits per heavy atom. The van der Waals surface area contributed by atoms with Crippen LogP contribution in [0, 0.1) is 10.1 Å². The smallest absolute Gasteiger partial charge is 0.269 e. The van der Waals surface area contributed by atoms with E-state index in [-0.39, 0.29) is 17.3 Å². The Morgan fingerprint density at radius 3 is 2.74 bits per heavy atom. The second-order valence-corrected chi connectivity index (χ2v) is 8.72. The average Bonchev–Trinajstić information content (AvgIpc) is 3.56. The maximum absolute atomic E-state index is 13.0. The van der Waals surface area contributed by atoms with E-state index in [2.05, 4.69) is 5.10 Å². The van der Waals surface area contributed by atoms with Crippen LogP contribution in [0.25, 0.3) is 5.69 Å². The zero-order valence-corrected chi connectivity index (χ0v) is 17.6.